The summed E-state index contributed by atoms with van der Waals surface area (Å²) in [6.45, 7) is 3.38. The molecule has 0 aliphatic heterocycles. The maximum Gasteiger partial charge on any atom is 0.416 e. The van der Waals surface area contributed by atoms with Crippen LogP contribution in [-0.4, -0.2) is 50.0 Å². The maximum absolute atomic E-state index is 14.3. The molecular formula is C23H26ClF4N3O4S. The quantitative estimate of drug-likeness (QED) is 0.473. The molecule has 0 spiro atoms. The number of alkyl halides is 3. The van der Waals surface area contributed by atoms with Crippen molar-refractivity contribution in [2.45, 2.75) is 45.6 Å². The Bertz CT molecular complexity index is 1220. The lowest BCUT2D eigenvalue weighted by Crippen LogP contribution is -2.52. The number of anilines is 1. The van der Waals surface area contributed by atoms with Gasteiger partial charge in [-0.05, 0) is 45.0 Å². The van der Waals surface area contributed by atoms with Gasteiger partial charge in [-0.1, -0.05) is 29.8 Å². The van der Waals surface area contributed by atoms with Gasteiger partial charge in [-0.25, -0.2) is 12.8 Å². The number of sulfonamides is 1. The average Bonchev–Trinajstić information content (AvgIpc) is 2.74. The lowest BCUT2D eigenvalue weighted by atomic mass is 10.1. The topological polar surface area (TPSA) is 86.8 Å². The molecule has 2 rings (SSSR count). The Morgan fingerprint density at radius 1 is 1.08 bits per heavy atom. The number of rotatable bonds is 9. The minimum Gasteiger partial charge on any atom is -0.352 e. The molecule has 2 aromatic carbocycles. The van der Waals surface area contributed by atoms with Gasteiger partial charge in [-0.2, -0.15) is 13.2 Å². The van der Waals surface area contributed by atoms with E-state index in [1.54, 1.807) is 13.8 Å². The van der Waals surface area contributed by atoms with Crippen LogP contribution in [-0.2, 0) is 32.3 Å². The van der Waals surface area contributed by atoms with E-state index in [4.69, 9.17) is 11.6 Å². The van der Waals surface area contributed by atoms with E-state index in [1.807, 2.05) is 0 Å². The SMILES string of the molecule is CC(C)NC(=O)[C@@H](C)N(Cc1ccccc1F)C(=O)CN(c1cc(C(F)(F)F)ccc1Cl)S(C)(=O)=O. The Labute approximate surface area is 212 Å². The molecule has 2 aromatic rings. The molecule has 0 saturated heterocycles. The van der Waals surface area contributed by atoms with E-state index in [-0.39, 0.29) is 16.6 Å². The predicted octanol–water partition coefficient (Wildman–Crippen LogP) is 4.21. The minimum atomic E-state index is -4.80. The van der Waals surface area contributed by atoms with Crippen molar-refractivity contribution in [2.24, 2.45) is 0 Å². The fourth-order valence-corrected chi connectivity index (χ4v) is 4.40. The molecule has 2 amide bonds. The van der Waals surface area contributed by atoms with Crippen molar-refractivity contribution in [3.05, 3.63) is 64.4 Å². The van der Waals surface area contributed by atoms with Crippen LogP contribution in [0.5, 0.6) is 0 Å². The van der Waals surface area contributed by atoms with Crippen LogP contribution in [0.4, 0.5) is 23.2 Å². The highest BCUT2D eigenvalue weighted by molar-refractivity contribution is 7.92. The number of amides is 2. The second-order valence-corrected chi connectivity index (χ2v) is 10.7. The van der Waals surface area contributed by atoms with Gasteiger partial charge in [0.1, 0.15) is 18.4 Å². The number of hydrogen-bond acceptors (Lipinski definition) is 4. The third kappa shape index (κ3) is 7.57. The molecule has 1 atom stereocenters. The second kappa shape index (κ2) is 11.5. The normalized spacial score (nSPS) is 12.8. The highest BCUT2D eigenvalue weighted by Gasteiger charge is 2.35. The maximum atomic E-state index is 14.3. The van der Waals surface area contributed by atoms with E-state index in [2.05, 4.69) is 5.32 Å². The number of carbonyl (C=O) groups is 2. The highest BCUT2D eigenvalue weighted by Crippen LogP contribution is 2.36. The zero-order chi connectivity index (χ0) is 27.4. The first-order valence-corrected chi connectivity index (χ1v) is 12.9. The van der Waals surface area contributed by atoms with Crippen LogP contribution in [0.3, 0.4) is 0 Å². The summed E-state index contributed by atoms with van der Waals surface area (Å²) in [5.74, 6) is -2.20. The fraction of sp³-hybridized carbons (Fsp3) is 0.391. The summed E-state index contributed by atoms with van der Waals surface area (Å²) in [5.41, 5.74) is -1.68. The monoisotopic (exact) mass is 551 g/mol. The second-order valence-electron chi connectivity index (χ2n) is 8.39. The van der Waals surface area contributed by atoms with Gasteiger partial charge in [0.05, 0.1) is 22.5 Å². The van der Waals surface area contributed by atoms with Crippen molar-refractivity contribution >= 4 is 39.1 Å². The fourth-order valence-electron chi connectivity index (χ4n) is 3.27. The first kappa shape index (κ1) is 29.4. The van der Waals surface area contributed by atoms with Gasteiger partial charge in [-0.3, -0.25) is 13.9 Å². The van der Waals surface area contributed by atoms with Crippen molar-refractivity contribution in [1.29, 1.82) is 0 Å². The number of nitrogens with zero attached hydrogens (tertiary/aromatic N) is 2. The van der Waals surface area contributed by atoms with E-state index in [0.717, 1.165) is 17.0 Å². The van der Waals surface area contributed by atoms with Gasteiger partial charge in [-0.15, -0.1) is 0 Å². The molecule has 0 bridgehead atoms. The summed E-state index contributed by atoms with van der Waals surface area (Å²) in [6.07, 6.45) is -4.10. The first-order chi connectivity index (χ1) is 16.5. The van der Waals surface area contributed by atoms with Gasteiger partial charge in [0.2, 0.25) is 21.8 Å². The van der Waals surface area contributed by atoms with E-state index in [0.29, 0.717) is 22.7 Å². The first-order valence-electron chi connectivity index (χ1n) is 10.7. The lowest BCUT2D eigenvalue weighted by Gasteiger charge is -2.32. The molecule has 0 unspecified atom stereocenters. The Balaban J connectivity index is 2.52. The third-order valence-electron chi connectivity index (χ3n) is 5.12. The summed E-state index contributed by atoms with van der Waals surface area (Å²) >= 11 is 6.02. The van der Waals surface area contributed by atoms with E-state index in [1.165, 1.54) is 25.1 Å². The highest BCUT2D eigenvalue weighted by atomic mass is 35.5. The van der Waals surface area contributed by atoms with E-state index >= 15 is 0 Å². The van der Waals surface area contributed by atoms with E-state index < -0.39 is 64.2 Å². The number of halogens is 5. The Kier molecular flexibility index (Phi) is 9.35. The predicted molar refractivity (Wildman–Crippen MR) is 128 cm³/mol. The molecule has 7 nitrogen and oxygen atoms in total. The average molecular weight is 552 g/mol. The Hall–Kier alpha value is -2.86. The molecule has 36 heavy (non-hydrogen) atoms. The molecular weight excluding hydrogens is 526 g/mol. The molecule has 0 aromatic heterocycles. The molecule has 0 fully saturated rings. The van der Waals surface area contributed by atoms with Gasteiger partial charge >= 0.3 is 6.18 Å². The summed E-state index contributed by atoms with van der Waals surface area (Å²) in [4.78, 5) is 27.0. The van der Waals surface area contributed by atoms with Crippen LogP contribution in [0.1, 0.15) is 31.9 Å². The summed E-state index contributed by atoms with van der Waals surface area (Å²) < 4.78 is 79.6. The van der Waals surface area contributed by atoms with Gasteiger partial charge in [0.15, 0.2) is 0 Å². The molecule has 13 heteroatoms. The van der Waals surface area contributed by atoms with Crippen molar-refractivity contribution in [1.82, 2.24) is 10.2 Å². The summed E-state index contributed by atoms with van der Waals surface area (Å²) in [7, 11) is -4.32. The Morgan fingerprint density at radius 3 is 2.22 bits per heavy atom. The number of hydrogen-bond donors (Lipinski definition) is 1. The van der Waals surface area contributed by atoms with E-state index in [9.17, 15) is 35.6 Å². The van der Waals surface area contributed by atoms with Crippen molar-refractivity contribution in [2.75, 3.05) is 17.1 Å². The standard InChI is InChI=1S/C23H26ClF4N3O4S/c1-14(2)29-22(33)15(3)30(12-16-7-5-6-8-19(16)25)21(32)13-31(36(4,34)35)20-11-17(23(26,27)28)9-10-18(20)24/h5-11,14-15H,12-13H2,1-4H3,(H,29,33)/t15-/m1/s1. The van der Waals surface area contributed by atoms with Gasteiger partial charge in [0, 0.05) is 18.2 Å². The number of nitrogens with one attached hydrogen (secondary N) is 1. The van der Waals surface area contributed by atoms with Crippen molar-refractivity contribution in [3.63, 3.8) is 0 Å². The van der Waals surface area contributed by atoms with Crippen molar-refractivity contribution in [3.8, 4) is 0 Å². The van der Waals surface area contributed by atoms with Crippen LogP contribution >= 0.6 is 11.6 Å². The van der Waals surface area contributed by atoms with Crippen LogP contribution in [0.15, 0.2) is 42.5 Å². The lowest BCUT2D eigenvalue weighted by molar-refractivity contribution is -0.139. The third-order valence-corrected chi connectivity index (χ3v) is 6.56. The number of benzene rings is 2. The molecule has 0 aliphatic rings. The van der Waals surface area contributed by atoms with Gasteiger partial charge in [0.25, 0.3) is 0 Å². The zero-order valence-electron chi connectivity index (χ0n) is 19.9. The molecule has 1 N–H and O–H groups in total. The van der Waals surface area contributed by atoms with Crippen LogP contribution in [0, 0.1) is 5.82 Å². The zero-order valence-corrected chi connectivity index (χ0v) is 21.5. The molecule has 0 radical (unpaired) electrons. The molecule has 0 heterocycles. The van der Waals surface area contributed by atoms with Crippen LogP contribution in [0.2, 0.25) is 5.02 Å². The minimum absolute atomic E-state index is 0.0538. The summed E-state index contributed by atoms with van der Waals surface area (Å²) in [6, 6.07) is 6.11. The summed E-state index contributed by atoms with van der Waals surface area (Å²) in [5, 5.41) is 2.28. The smallest absolute Gasteiger partial charge is 0.352 e. The van der Waals surface area contributed by atoms with Crippen molar-refractivity contribution < 1.29 is 35.6 Å². The molecule has 0 aliphatic carbocycles. The Morgan fingerprint density at radius 2 is 1.69 bits per heavy atom. The van der Waals surface area contributed by atoms with Gasteiger partial charge < -0.3 is 10.2 Å². The molecule has 0 saturated carbocycles. The largest absolute Gasteiger partial charge is 0.416 e. The number of carbonyl (C=O) groups excluding carboxylic acids is 2. The molecule has 198 valence electrons. The van der Waals surface area contributed by atoms with Crippen LogP contribution in [0.25, 0.3) is 0 Å². The van der Waals surface area contributed by atoms with Crippen LogP contribution < -0.4 is 9.62 Å².